The molecule has 1 N–H and O–H groups in total. The first-order chi connectivity index (χ1) is 10.1. The molecule has 2 aromatic rings. The Morgan fingerprint density at radius 2 is 2.00 bits per heavy atom. The molecule has 0 aromatic heterocycles. The third-order valence-corrected chi connectivity index (χ3v) is 3.37. The van der Waals surface area contributed by atoms with Crippen LogP contribution in [0.25, 0.3) is 0 Å². The summed E-state index contributed by atoms with van der Waals surface area (Å²) in [6.07, 6.45) is 0.0157. The molecular weight excluding hydrogens is 273 g/mol. The van der Waals surface area contributed by atoms with Gasteiger partial charge >= 0.3 is 0 Å². The van der Waals surface area contributed by atoms with Crippen LogP contribution in [0.15, 0.2) is 41.4 Å². The van der Waals surface area contributed by atoms with E-state index in [1.807, 2.05) is 0 Å². The second kappa shape index (κ2) is 5.01. The van der Waals surface area contributed by atoms with Gasteiger partial charge in [-0.2, -0.15) is 0 Å². The molecule has 0 fully saturated rings. The quantitative estimate of drug-likeness (QED) is 0.921. The van der Waals surface area contributed by atoms with E-state index >= 15 is 0 Å². The molecule has 0 amide bonds. The molecule has 1 aliphatic heterocycles. The zero-order valence-corrected chi connectivity index (χ0v) is 11.3. The molecule has 0 saturated carbocycles. The molecule has 0 aliphatic carbocycles. The number of ether oxygens (including phenoxy) is 1. The summed E-state index contributed by atoms with van der Waals surface area (Å²) < 4.78 is 18.8. The van der Waals surface area contributed by atoms with Crippen LogP contribution in [0, 0.1) is 5.82 Å². The zero-order chi connectivity index (χ0) is 15.0. The minimum Gasteiger partial charge on any atom is -0.504 e. The van der Waals surface area contributed by atoms with Crippen LogP contribution in [-0.4, -0.2) is 23.7 Å². The van der Waals surface area contributed by atoms with Gasteiger partial charge in [-0.1, -0.05) is 18.2 Å². The lowest BCUT2D eigenvalue weighted by Crippen LogP contribution is -2.15. The Bertz CT molecular complexity index is 768. The summed E-state index contributed by atoms with van der Waals surface area (Å²) in [6.45, 7) is 0. The van der Waals surface area contributed by atoms with E-state index in [9.17, 15) is 14.3 Å². The average molecular weight is 285 g/mol. The summed E-state index contributed by atoms with van der Waals surface area (Å²) in [4.78, 5) is 16.5. The van der Waals surface area contributed by atoms with Crippen LogP contribution in [0.4, 0.5) is 10.1 Å². The van der Waals surface area contributed by atoms with Crippen LogP contribution in [0.1, 0.15) is 22.3 Å². The Labute approximate surface area is 120 Å². The maximum atomic E-state index is 13.8. The van der Waals surface area contributed by atoms with Crippen molar-refractivity contribution in [2.45, 2.75) is 6.42 Å². The maximum absolute atomic E-state index is 13.8. The molecule has 106 valence electrons. The van der Waals surface area contributed by atoms with Gasteiger partial charge in [0.25, 0.3) is 0 Å². The second-order valence-electron chi connectivity index (χ2n) is 4.68. The van der Waals surface area contributed by atoms with Crippen LogP contribution < -0.4 is 4.74 Å². The summed E-state index contributed by atoms with van der Waals surface area (Å²) in [5.41, 5.74) is 1.34. The first-order valence-corrected chi connectivity index (χ1v) is 6.37. The smallest absolute Gasteiger partial charge is 0.171 e. The number of Topliss-reactive ketones (excluding diaryl/α,β-unsaturated/α-hetero) is 1. The number of carbonyl (C=O) groups is 1. The number of phenolic OH excluding ortho intramolecular Hbond substituents is 1. The molecule has 4 nitrogen and oxygen atoms in total. The Balaban J connectivity index is 2.15. The lowest BCUT2D eigenvalue weighted by atomic mass is 9.95. The first-order valence-electron chi connectivity index (χ1n) is 6.37. The number of carbonyl (C=O) groups excluding carboxylic acids is 1. The predicted molar refractivity (Wildman–Crippen MR) is 76.2 cm³/mol. The highest BCUT2D eigenvalue weighted by Gasteiger charge is 2.24. The lowest BCUT2D eigenvalue weighted by Gasteiger charge is -2.16. The highest BCUT2D eigenvalue weighted by molar-refractivity contribution is 6.21. The van der Waals surface area contributed by atoms with Crippen molar-refractivity contribution in [1.82, 2.24) is 0 Å². The maximum Gasteiger partial charge on any atom is 0.171 e. The fourth-order valence-electron chi connectivity index (χ4n) is 2.32. The van der Waals surface area contributed by atoms with E-state index in [0.717, 1.165) is 0 Å². The van der Waals surface area contributed by atoms with Crippen LogP contribution in [0.2, 0.25) is 0 Å². The van der Waals surface area contributed by atoms with E-state index in [-0.39, 0.29) is 23.7 Å². The van der Waals surface area contributed by atoms with Gasteiger partial charge in [-0.15, -0.1) is 0 Å². The number of ketones is 1. The van der Waals surface area contributed by atoms with Crippen molar-refractivity contribution in [3.05, 3.63) is 53.3 Å². The van der Waals surface area contributed by atoms with E-state index in [0.29, 0.717) is 22.5 Å². The second-order valence-corrected chi connectivity index (χ2v) is 4.68. The molecule has 0 spiro atoms. The molecule has 0 saturated heterocycles. The minimum absolute atomic E-state index is 0.0157. The molecule has 0 atom stereocenters. The summed E-state index contributed by atoms with van der Waals surface area (Å²) in [6, 6.07) is 8.97. The molecule has 0 unspecified atom stereocenters. The third kappa shape index (κ3) is 2.27. The van der Waals surface area contributed by atoms with E-state index in [4.69, 9.17) is 4.74 Å². The predicted octanol–water partition coefficient (Wildman–Crippen LogP) is 3.25. The van der Waals surface area contributed by atoms with Crippen molar-refractivity contribution in [2.24, 2.45) is 4.99 Å². The number of fused-ring (bicyclic) bond motifs is 1. The average Bonchev–Trinajstić information content (AvgIpc) is 2.47. The molecule has 2 aromatic carbocycles. The molecule has 21 heavy (non-hydrogen) atoms. The summed E-state index contributed by atoms with van der Waals surface area (Å²) in [7, 11) is 1.41. The summed E-state index contributed by atoms with van der Waals surface area (Å²) in [5.74, 6) is -0.504. The van der Waals surface area contributed by atoms with Gasteiger partial charge in [0.2, 0.25) is 0 Å². The third-order valence-electron chi connectivity index (χ3n) is 3.37. The summed E-state index contributed by atoms with van der Waals surface area (Å²) in [5, 5.41) is 9.78. The Morgan fingerprint density at radius 1 is 1.24 bits per heavy atom. The van der Waals surface area contributed by atoms with Crippen LogP contribution in [-0.2, 0) is 0 Å². The van der Waals surface area contributed by atoms with E-state index in [1.54, 1.807) is 18.2 Å². The van der Waals surface area contributed by atoms with Crippen LogP contribution in [0.5, 0.6) is 11.5 Å². The molecule has 0 bridgehead atoms. The fourth-order valence-corrected chi connectivity index (χ4v) is 2.32. The van der Waals surface area contributed by atoms with E-state index < -0.39 is 5.82 Å². The van der Waals surface area contributed by atoms with Gasteiger partial charge < -0.3 is 9.84 Å². The monoisotopic (exact) mass is 285 g/mol. The highest BCUT2D eigenvalue weighted by Crippen LogP contribution is 2.37. The topological polar surface area (TPSA) is 58.9 Å². The van der Waals surface area contributed by atoms with Crippen molar-refractivity contribution in [3.63, 3.8) is 0 Å². The molecule has 1 heterocycles. The van der Waals surface area contributed by atoms with Gasteiger partial charge in [0.1, 0.15) is 5.82 Å². The Kier molecular flexibility index (Phi) is 3.17. The van der Waals surface area contributed by atoms with E-state index in [2.05, 4.69) is 4.99 Å². The van der Waals surface area contributed by atoms with Gasteiger partial charge in [0.05, 0.1) is 24.9 Å². The van der Waals surface area contributed by atoms with Crippen molar-refractivity contribution in [3.8, 4) is 11.5 Å². The van der Waals surface area contributed by atoms with Crippen molar-refractivity contribution >= 4 is 17.2 Å². The van der Waals surface area contributed by atoms with Gasteiger partial charge in [-0.3, -0.25) is 9.79 Å². The number of hydrogen-bond acceptors (Lipinski definition) is 4. The van der Waals surface area contributed by atoms with Crippen LogP contribution in [0.3, 0.4) is 0 Å². The molecule has 3 rings (SSSR count). The van der Waals surface area contributed by atoms with Crippen molar-refractivity contribution in [1.29, 1.82) is 0 Å². The number of phenols is 1. The summed E-state index contributed by atoms with van der Waals surface area (Å²) >= 11 is 0. The van der Waals surface area contributed by atoms with Crippen molar-refractivity contribution in [2.75, 3.05) is 7.11 Å². The molecule has 5 heteroatoms. The standard InChI is InChI=1S/C16H12FNO3/c1-21-16-6-10-13(8-15(16)20)18-12(7-14(10)19)9-4-2-3-5-11(9)17/h2-6,8,20H,7H2,1H3. The van der Waals surface area contributed by atoms with Crippen LogP contribution >= 0.6 is 0 Å². The number of aliphatic imine (C=N–C) groups is 1. The number of methoxy groups -OCH3 is 1. The minimum atomic E-state index is -0.426. The van der Waals surface area contributed by atoms with Crippen molar-refractivity contribution < 1.29 is 19.0 Å². The number of aromatic hydroxyl groups is 1. The lowest BCUT2D eigenvalue weighted by molar-refractivity contribution is 0.0999. The number of benzene rings is 2. The highest BCUT2D eigenvalue weighted by atomic mass is 19.1. The number of hydrogen-bond donors (Lipinski definition) is 1. The molecule has 1 aliphatic rings. The Hall–Kier alpha value is -2.69. The number of nitrogens with zero attached hydrogens (tertiary/aromatic N) is 1. The molecular formula is C16H12FNO3. The normalized spacial score (nSPS) is 13.6. The van der Waals surface area contributed by atoms with Gasteiger partial charge in [0, 0.05) is 17.2 Å². The van der Waals surface area contributed by atoms with Gasteiger partial charge in [-0.05, 0) is 12.1 Å². The number of halogens is 1. The number of rotatable bonds is 2. The van der Waals surface area contributed by atoms with E-state index in [1.165, 1.54) is 25.3 Å². The SMILES string of the molecule is COc1cc2c(cc1O)N=C(c1ccccc1F)CC2=O. The van der Waals surface area contributed by atoms with Gasteiger partial charge in [0.15, 0.2) is 17.3 Å². The zero-order valence-electron chi connectivity index (χ0n) is 11.3. The fraction of sp³-hybridized carbons (Fsp3) is 0.125. The largest absolute Gasteiger partial charge is 0.504 e. The Morgan fingerprint density at radius 3 is 2.71 bits per heavy atom. The molecule has 0 radical (unpaired) electrons. The van der Waals surface area contributed by atoms with Gasteiger partial charge in [-0.25, -0.2) is 4.39 Å². The first kappa shape index (κ1) is 13.3.